The van der Waals surface area contributed by atoms with E-state index in [1.807, 2.05) is 38.1 Å². The molecule has 3 aliphatic heterocycles. The number of nitrogens with two attached hydrogens (primary N) is 3. The van der Waals surface area contributed by atoms with Gasteiger partial charge in [-0.3, -0.25) is 33.6 Å². The van der Waals surface area contributed by atoms with E-state index < -0.39 is 267 Å². The molecule has 7 amide bonds. The second-order valence-electron chi connectivity index (χ2n) is 33.3. The third-order valence-corrected chi connectivity index (χ3v) is 22.5. The number of amides is 7. The average molecular weight is 1870 g/mol. The highest BCUT2D eigenvalue weighted by Gasteiger charge is 2.49. The van der Waals surface area contributed by atoms with Gasteiger partial charge < -0.3 is 148 Å². The number of carbonyl (C=O) groups excluding carboxylic acids is 8. The molecule has 0 radical (unpaired) electrons. The van der Waals surface area contributed by atoms with E-state index in [4.69, 9.17) is 89.9 Å². The van der Waals surface area contributed by atoms with Crippen LogP contribution in [0.1, 0.15) is 159 Å². The SMILES string of the molecule is CC(=O)NC1C(=O)N[C@@H](C(N)=O)c2ccc(O)c(c2)-c2c(O)cc(O)cc2C(C=O)NC(=O)C[C@H](OC(O)CC(C)(N)C(O)C(C)C)c2ccc(c(Cl)c2)Oc2cc1cc(Oc1ccc(C(O)[C@H](NC(=O)CCC(C)C)C(=O)NCC(N)=O)cc1Cl)c2OC1OC(CO)C(O)C(O)C1OC(C)OC(C)C(O)C(C)(C)NCC(OCc1ccc(-c2ccc(Cl)cc2)cc1)C(=O)O. The van der Waals surface area contributed by atoms with Crippen molar-refractivity contribution in [2.45, 2.75) is 217 Å². The molecule has 23 N–H and O–H groups in total. The molecule has 0 aromatic heterocycles. The molecule has 10 rings (SSSR count). The molecule has 130 heavy (non-hydrogen) atoms. The van der Waals surface area contributed by atoms with Gasteiger partial charge in [0, 0.05) is 59.6 Å². The van der Waals surface area contributed by atoms with Crippen molar-refractivity contribution in [2.75, 3.05) is 19.7 Å². The number of aliphatic hydroxyl groups excluding tert-OH is 7. The molecule has 3 heterocycles. The number of halogens is 3. The van der Waals surface area contributed by atoms with Crippen LogP contribution in [0.5, 0.6) is 46.0 Å². The summed E-state index contributed by atoms with van der Waals surface area (Å²) in [6.07, 6.45) is -23.5. The van der Waals surface area contributed by atoms with E-state index in [0.717, 1.165) is 72.6 Å². The predicted octanol–water partition coefficient (Wildman–Crippen LogP) is 6.37. The number of rotatable bonds is 37. The van der Waals surface area contributed by atoms with E-state index in [9.17, 15) is 94.5 Å². The van der Waals surface area contributed by atoms with Gasteiger partial charge in [-0.25, -0.2) is 4.79 Å². The molecule has 3 aliphatic rings. The molecule has 0 saturated carbocycles. The van der Waals surface area contributed by atoms with Crippen molar-refractivity contribution in [3.8, 4) is 68.2 Å². The van der Waals surface area contributed by atoms with Crippen LogP contribution >= 0.6 is 34.8 Å². The number of aromatic hydroxyl groups is 3. The maximum atomic E-state index is 15.6. The summed E-state index contributed by atoms with van der Waals surface area (Å²) in [6.45, 7) is 13.1. The number of phenolic OH excluding ortho intramolecular Hbond substituents is 3. The second kappa shape index (κ2) is 45.3. The standard InChI is InChI=1S/C90H110Cl3N9O28/c1-41(2)11-26-70(110)101-76(85(119)97-37-69(94)109)77(113)51-20-25-63(58(93)29-51)127-66-31-52-30-65(80(66)130-88-81(79(115)78(114)68(39-104)129-88)125-45(7)124-43(5)83(117)89(8,9)98-36-67(87(121)122)123-40-46-12-14-47(15-13-46)48-16-21-53(91)22-17-48)126-62-24-19-49(28-57(62)92)64(128-72(112)35-90(10,96)82(116)42(3)4)34-71(111)100-59(38-103)55-32-54(106)33-61(108)73(55)56-27-50(18-23-60(56)107)74(84(95)118)102-86(120)75(52)99-44(6)105/h12-25,27-33,38,41-43,45,59,64,67-68,72,74-79,81-83,88,98,104,106-108,112-117H,11,26,34-37,39-40,96H2,1-10H3,(H2,94,109)(H2,95,118)(H,97,119)(H,99,105)(H,100,111)(H,101,110)(H,102,120)(H,121,122)/t43?,45?,59?,64-,67?,68?,72?,74+,75?,76-,77?,78?,79?,81?,82?,83?,88?,90?/m0/s1. The minimum Gasteiger partial charge on any atom is -0.508 e. The van der Waals surface area contributed by atoms with Crippen LogP contribution in [-0.4, -0.2) is 214 Å². The topological polar surface area (TPSA) is 600 Å². The van der Waals surface area contributed by atoms with Gasteiger partial charge in [-0.15, -0.1) is 0 Å². The van der Waals surface area contributed by atoms with E-state index in [1.54, 1.807) is 52.0 Å². The molecule has 15 unspecified atom stereocenters. The van der Waals surface area contributed by atoms with Crippen molar-refractivity contribution >= 4 is 88.4 Å². The quantitative estimate of drug-likeness (QED) is 0.0148. The first-order valence-corrected chi connectivity index (χ1v) is 42.5. The number of nitrogens with one attached hydrogen (secondary N) is 6. The summed E-state index contributed by atoms with van der Waals surface area (Å²) in [6, 6.07) is 20.9. The Bertz CT molecular complexity index is 5190. The third-order valence-electron chi connectivity index (χ3n) is 21.7. The molecule has 1 fully saturated rings. The van der Waals surface area contributed by atoms with Gasteiger partial charge in [-0.2, -0.15) is 0 Å². The number of carbonyl (C=O) groups is 9. The van der Waals surface area contributed by atoms with Gasteiger partial charge in [0.15, 0.2) is 36.3 Å². The van der Waals surface area contributed by atoms with Gasteiger partial charge in [-0.05, 0) is 164 Å². The Morgan fingerprint density at radius 2 is 1.41 bits per heavy atom. The Morgan fingerprint density at radius 1 is 0.738 bits per heavy atom. The zero-order valence-corrected chi connectivity index (χ0v) is 74.8. The summed E-state index contributed by atoms with van der Waals surface area (Å²) < 4.78 is 51.2. The van der Waals surface area contributed by atoms with Crippen molar-refractivity contribution in [1.82, 2.24) is 31.9 Å². The van der Waals surface area contributed by atoms with Crippen LogP contribution < -0.4 is 63.3 Å². The number of aldehydes is 1. The highest BCUT2D eigenvalue weighted by Crippen LogP contribution is 2.50. The molecule has 37 nitrogen and oxygen atoms in total. The van der Waals surface area contributed by atoms with Crippen LogP contribution in [0.15, 0.2) is 127 Å². The minimum absolute atomic E-state index is 0.0225. The number of hydrogen-bond acceptors (Lipinski definition) is 29. The maximum Gasteiger partial charge on any atom is 0.334 e. The van der Waals surface area contributed by atoms with Gasteiger partial charge in [-0.1, -0.05) is 117 Å². The molecular weight excluding hydrogens is 1760 g/mol. The Kier molecular flexibility index (Phi) is 35.8. The van der Waals surface area contributed by atoms with Crippen LogP contribution in [0.2, 0.25) is 15.1 Å². The number of phenols is 3. The lowest BCUT2D eigenvalue weighted by atomic mass is 9.85. The highest BCUT2D eigenvalue weighted by atomic mass is 35.5. The molecule has 704 valence electrons. The van der Waals surface area contributed by atoms with Crippen molar-refractivity contribution in [3.63, 3.8) is 0 Å². The fourth-order valence-corrected chi connectivity index (χ4v) is 15.3. The largest absolute Gasteiger partial charge is 0.508 e. The van der Waals surface area contributed by atoms with Crippen LogP contribution in [0.3, 0.4) is 0 Å². The van der Waals surface area contributed by atoms with Crippen molar-refractivity contribution in [1.29, 1.82) is 0 Å². The minimum atomic E-state index is -2.15. The summed E-state index contributed by atoms with van der Waals surface area (Å²) in [5.74, 6) is -14.0. The lowest BCUT2D eigenvalue weighted by Crippen LogP contribution is -2.62. The number of fused-ring (bicyclic) bond motifs is 9. The zero-order valence-electron chi connectivity index (χ0n) is 72.6. The van der Waals surface area contributed by atoms with Crippen LogP contribution in [0.25, 0.3) is 22.3 Å². The van der Waals surface area contributed by atoms with Gasteiger partial charge in [0.2, 0.25) is 53.4 Å². The molecule has 1 saturated heterocycles. The lowest BCUT2D eigenvalue weighted by Gasteiger charge is -2.43. The lowest BCUT2D eigenvalue weighted by molar-refractivity contribution is -0.320. The van der Waals surface area contributed by atoms with E-state index in [1.165, 1.54) is 45.0 Å². The van der Waals surface area contributed by atoms with E-state index in [2.05, 4.69) is 31.9 Å². The summed E-state index contributed by atoms with van der Waals surface area (Å²) in [7, 11) is 0. The summed E-state index contributed by atoms with van der Waals surface area (Å²) in [4.78, 5) is 123. The number of aliphatic carboxylic acids is 1. The van der Waals surface area contributed by atoms with Crippen LogP contribution in [0, 0.1) is 11.8 Å². The molecule has 40 heteroatoms. The Hall–Kier alpha value is -10.9. The molecule has 0 spiro atoms. The van der Waals surface area contributed by atoms with Crippen molar-refractivity contribution in [2.24, 2.45) is 29.0 Å². The number of carboxylic acid groups (broad SMARTS) is 1. The van der Waals surface area contributed by atoms with E-state index in [0.29, 0.717) is 17.0 Å². The monoisotopic (exact) mass is 1870 g/mol. The first-order valence-electron chi connectivity index (χ1n) is 41.4. The Labute approximate surface area is 763 Å². The summed E-state index contributed by atoms with van der Waals surface area (Å²) in [5, 5.41) is 142. The molecule has 0 aliphatic carbocycles. The van der Waals surface area contributed by atoms with Gasteiger partial charge >= 0.3 is 5.97 Å². The van der Waals surface area contributed by atoms with E-state index in [-0.39, 0.29) is 54.0 Å². The summed E-state index contributed by atoms with van der Waals surface area (Å²) in [5.41, 5.74) is 15.4. The fourth-order valence-electron chi connectivity index (χ4n) is 14.7. The molecule has 6 bridgehead atoms. The smallest absolute Gasteiger partial charge is 0.334 e. The van der Waals surface area contributed by atoms with Crippen molar-refractivity contribution in [3.05, 3.63) is 176 Å². The number of primary amides is 2. The number of benzene rings is 7. The first kappa shape index (κ1) is 103. The fraction of sp³-hybridized carbons (Fsp3) is 0.433. The van der Waals surface area contributed by atoms with Gasteiger partial charge in [0.05, 0.1) is 60.6 Å². The Morgan fingerprint density at radius 3 is 2.02 bits per heavy atom. The average Bonchev–Trinajstić information content (AvgIpc) is 0.790. The number of aliphatic hydroxyl groups is 7. The first-order chi connectivity index (χ1) is 61.2. The number of hydrogen-bond donors (Lipinski definition) is 20. The van der Waals surface area contributed by atoms with Gasteiger partial charge in [0.25, 0.3) is 0 Å². The summed E-state index contributed by atoms with van der Waals surface area (Å²) >= 11 is 20.5. The number of carboxylic acids is 1. The van der Waals surface area contributed by atoms with Crippen molar-refractivity contribution < 1.29 is 137 Å². The maximum absolute atomic E-state index is 15.6. The van der Waals surface area contributed by atoms with Gasteiger partial charge in [0.1, 0.15) is 83.6 Å². The molecule has 18 atom stereocenters. The molecule has 7 aromatic rings. The molecular formula is C90H110Cl3N9O28. The Balaban J connectivity index is 1.19. The third kappa shape index (κ3) is 26.9. The van der Waals surface area contributed by atoms with Crippen LogP contribution in [0.4, 0.5) is 0 Å². The zero-order chi connectivity index (χ0) is 95.8. The molecule has 7 aromatic carbocycles. The van der Waals surface area contributed by atoms with Crippen LogP contribution in [-0.2, 0) is 73.4 Å². The number of ether oxygens (including phenoxy) is 8. The van der Waals surface area contributed by atoms with E-state index >= 15 is 4.79 Å². The highest BCUT2D eigenvalue weighted by molar-refractivity contribution is 6.32. The predicted molar refractivity (Wildman–Crippen MR) is 470 cm³/mol. The normalized spacial score (nSPS) is 20.8. The second-order valence-corrected chi connectivity index (χ2v) is 34.6.